The Bertz CT molecular complexity index is 993. The number of carbonyl (C=O) groups is 1. The van der Waals surface area contributed by atoms with Gasteiger partial charge in [0.25, 0.3) is 0 Å². The van der Waals surface area contributed by atoms with Gasteiger partial charge in [0.05, 0.1) is 5.69 Å². The first-order valence-electron chi connectivity index (χ1n) is 7.30. The lowest BCUT2D eigenvalue weighted by Gasteiger charge is -2.02. The van der Waals surface area contributed by atoms with Crippen LogP contribution in [0.5, 0.6) is 0 Å². The van der Waals surface area contributed by atoms with Crippen molar-refractivity contribution in [2.45, 2.75) is 0 Å². The third-order valence-corrected chi connectivity index (χ3v) is 3.45. The molecule has 7 nitrogen and oxygen atoms in total. The van der Waals surface area contributed by atoms with Gasteiger partial charge in [-0.2, -0.15) is 10.4 Å². The smallest absolute Gasteiger partial charge is 0.228 e. The fourth-order valence-corrected chi connectivity index (χ4v) is 2.20. The number of ketones is 1. The number of hydrazone groups is 1. The summed E-state index contributed by atoms with van der Waals surface area (Å²) in [5, 5.41) is 20.6. The SMILES string of the molecule is N#C/C(=N\Nc1ccc(C(=O)c2cc3ccccc3o2)cc1)C(=N)N. The van der Waals surface area contributed by atoms with Gasteiger partial charge in [0, 0.05) is 10.9 Å². The summed E-state index contributed by atoms with van der Waals surface area (Å²) < 4.78 is 5.57. The number of anilines is 1. The number of hydrogen-bond donors (Lipinski definition) is 3. The molecule has 4 N–H and O–H groups in total. The van der Waals surface area contributed by atoms with Crippen LogP contribution in [0.3, 0.4) is 0 Å². The summed E-state index contributed by atoms with van der Waals surface area (Å²) in [5.74, 6) is -0.386. The van der Waals surface area contributed by atoms with E-state index >= 15 is 0 Å². The number of hydrogen-bond acceptors (Lipinski definition) is 6. The first-order valence-corrected chi connectivity index (χ1v) is 7.30. The maximum atomic E-state index is 12.5. The molecule has 0 aliphatic carbocycles. The molecular weight excluding hydrogens is 318 g/mol. The Morgan fingerprint density at radius 2 is 1.92 bits per heavy atom. The summed E-state index contributed by atoms with van der Waals surface area (Å²) in [5.41, 5.74) is 9.27. The molecule has 1 aromatic heterocycles. The van der Waals surface area contributed by atoms with E-state index in [1.807, 2.05) is 18.2 Å². The number of nitrogens with zero attached hydrogens (tertiary/aromatic N) is 2. The average molecular weight is 331 g/mol. The minimum atomic E-state index is -0.424. The molecule has 7 heteroatoms. The fourth-order valence-electron chi connectivity index (χ4n) is 2.20. The zero-order valence-corrected chi connectivity index (χ0v) is 13.0. The van der Waals surface area contributed by atoms with E-state index in [9.17, 15) is 4.79 Å². The number of nitrogens with two attached hydrogens (primary N) is 1. The Hall–Kier alpha value is -3.92. The Balaban J connectivity index is 1.79. The summed E-state index contributed by atoms with van der Waals surface area (Å²) in [7, 11) is 0. The molecule has 0 unspecified atom stereocenters. The number of carbonyl (C=O) groups excluding carboxylic acids is 1. The lowest BCUT2D eigenvalue weighted by atomic mass is 10.1. The van der Waals surface area contributed by atoms with E-state index in [0.717, 1.165) is 5.39 Å². The lowest BCUT2D eigenvalue weighted by Crippen LogP contribution is -2.21. The van der Waals surface area contributed by atoms with Crippen molar-refractivity contribution in [1.82, 2.24) is 0 Å². The summed E-state index contributed by atoms with van der Waals surface area (Å²) >= 11 is 0. The molecule has 0 saturated heterocycles. The summed E-state index contributed by atoms with van der Waals surface area (Å²) in [4.78, 5) is 12.5. The molecule has 0 amide bonds. The predicted octanol–water partition coefficient (Wildman–Crippen LogP) is 2.89. The van der Waals surface area contributed by atoms with Crippen LogP contribution in [0.1, 0.15) is 16.1 Å². The average Bonchev–Trinajstić information content (AvgIpc) is 3.06. The zero-order chi connectivity index (χ0) is 17.8. The number of benzene rings is 2. The highest BCUT2D eigenvalue weighted by molar-refractivity contribution is 6.45. The van der Waals surface area contributed by atoms with Crippen LogP contribution in [-0.2, 0) is 0 Å². The molecule has 0 saturated carbocycles. The molecule has 3 aromatic rings. The zero-order valence-electron chi connectivity index (χ0n) is 13.0. The van der Waals surface area contributed by atoms with Crippen molar-refractivity contribution in [3.8, 4) is 6.07 Å². The van der Waals surface area contributed by atoms with E-state index in [4.69, 9.17) is 20.8 Å². The third kappa shape index (κ3) is 3.38. The van der Waals surface area contributed by atoms with E-state index < -0.39 is 5.84 Å². The molecule has 0 spiro atoms. The molecule has 122 valence electrons. The van der Waals surface area contributed by atoms with Crippen LogP contribution in [0.4, 0.5) is 5.69 Å². The number of para-hydroxylation sites is 1. The Kier molecular flexibility index (Phi) is 4.26. The van der Waals surface area contributed by atoms with Crippen molar-refractivity contribution in [2.24, 2.45) is 10.8 Å². The van der Waals surface area contributed by atoms with Gasteiger partial charge in [0.2, 0.25) is 11.5 Å². The Morgan fingerprint density at radius 1 is 1.20 bits per heavy atom. The van der Waals surface area contributed by atoms with Crippen molar-refractivity contribution in [3.63, 3.8) is 0 Å². The summed E-state index contributed by atoms with van der Waals surface area (Å²) in [6.45, 7) is 0. The number of furan rings is 1. The second-order valence-corrected chi connectivity index (χ2v) is 5.15. The quantitative estimate of drug-likeness (QED) is 0.286. The molecule has 0 bridgehead atoms. The van der Waals surface area contributed by atoms with Gasteiger partial charge in [-0.05, 0) is 36.4 Å². The second-order valence-electron chi connectivity index (χ2n) is 5.15. The first kappa shape index (κ1) is 16.0. The third-order valence-electron chi connectivity index (χ3n) is 3.45. The minimum Gasteiger partial charge on any atom is -0.453 e. The van der Waals surface area contributed by atoms with E-state index in [1.165, 1.54) is 0 Å². The van der Waals surface area contributed by atoms with E-state index in [1.54, 1.807) is 42.5 Å². The van der Waals surface area contributed by atoms with Crippen LogP contribution in [0.2, 0.25) is 0 Å². The molecular formula is C18H13N5O2. The highest BCUT2D eigenvalue weighted by Crippen LogP contribution is 2.22. The van der Waals surface area contributed by atoms with Gasteiger partial charge in [-0.25, -0.2) is 0 Å². The van der Waals surface area contributed by atoms with Gasteiger partial charge in [-0.1, -0.05) is 18.2 Å². The van der Waals surface area contributed by atoms with Crippen LogP contribution in [-0.4, -0.2) is 17.3 Å². The maximum Gasteiger partial charge on any atom is 0.228 e. The molecule has 2 aromatic carbocycles. The standard InChI is InChI=1S/C18H13N5O2/c19-10-14(18(20)21)23-22-13-7-5-11(6-8-13)17(24)16-9-12-3-1-2-4-15(12)25-16/h1-9,22H,(H3,20,21)/b23-14+. The lowest BCUT2D eigenvalue weighted by molar-refractivity contribution is 0.101. The number of nitrogens with one attached hydrogen (secondary N) is 2. The topological polar surface area (TPSA) is 128 Å². The molecule has 0 fully saturated rings. The first-order chi connectivity index (χ1) is 12.1. The van der Waals surface area contributed by atoms with Gasteiger partial charge < -0.3 is 10.2 Å². The Morgan fingerprint density at radius 3 is 2.56 bits per heavy atom. The summed E-state index contributed by atoms with van der Waals surface area (Å²) in [6, 6.07) is 17.3. The van der Waals surface area contributed by atoms with E-state index in [0.29, 0.717) is 16.8 Å². The molecule has 0 aliphatic heterocycles. The van der Waals surface area contributed by atoms with Crippen LogP contribution >= 0.6 is 0 Å². The largest absolute Gasteiger partial charge is 0.453 e. The highest BCUT2D eigenvalue weighted by Gasteiger charge is 2.14. The molecule has 3 rings (SSSR count). The van der Waals surface area contributed by atoms with Crippen LogP contribution in [0.15, 0.2) is 64.1 Å². The fraction of sp³-hybridized carbons (Fsp3) is 0. The summed E-state index contributed by atoms with van der Waals surface area (Å²) in [6.07, 6.45) is 0. The maximum absolute atomic E-state index is 12.5. The van der Waals surface area contributed by atoms with Crippen molar-refractivity contribution in [3.05, 3.63) is 65.9 Å². The minimum absolute atomic E-state index is 0.220. The van der Waals surface area contributed by atoms with Crippen molar-refractivity contribution in [1.29, 1.82) is 10.7 Å². The van der Waals surface area contributed by atoms with Gasteiger partial charge in [-0.15, -0.1) is 0 Å². The Labute approximate surface area is 142 Å². The van der Waals surface area contributed by atoms with E-state index in [2.05, 4.69) is 10.5 Å². The van der Waals surface area contributed by atoms with Crippen LogP contribution in [0.25, 0.3) is 11.0 Å². The second kappa shape index (κ2) is 6.68. The van der Waals surface area contributed by atoms with Crippen molar-refractivity contribution >= 4 is 34.0 Å². The van der Waals surface area contributed by atoms with E-state index in [-0.39, 0.29) is 17.3 Å². The van der Waals surface area contributed by atoms with Crippen LogP contribution in [0, 0.1) is 16.7 Å². The molecule has 0 atom stereocenters. The van der Waals surface area contributed by atoms with Gasteiger partial charge >= 0.3 is 0 Å². The number of rotatable bonds is 5. The number of nitriles is 1. The number of amidine groups is 1. The van der Waals surface area contributed by atoms with Crippen LogP contribution < -0.4 is 11.2 Å². The molecule has 25 heavy (non-hydrogen) atoms. The van der Waals surface area contributed by atoms with Gasteiger partial charge in [0.15, 0.2) is 11.6 Å². The van der Waals surface area contributed by atoms with Gasteiger partial charge in [0.1, 0.15) is 11.7 Å². The predicted molar refractivity (Wildman–Crippen MR) is 94.7 cm³/mol. The monoisotopic (exact) mass is 331 g/mol. The van der Waals surface area contributed by atoms with Gasteiger partial charge in [-0.3, -0.25) is 15.6 Å². The highest BCUT2D eigenvalue weighted by atomic mass is 16.3. The molecule has 0 radical (unpaired) electrons. The molecule has 1 heterocycles. The normalized spacial score (nSPS) is 11.1. The van der Waals surface area contributed by atoms with Crippen molar-refractivity contribution < 1.29 is 9.21 Å². The molecule has 0 aliphatic rings. The number of fused-ring (bicyclic) bond motifs is 1. The van der Waals surface area contributed by atoms with Crippen molar-refractivity contribution in [2.75, 3.05) is 5.43 Å².